The van der Waals surface area contributed by atoms with Gasteiger partial charge >= 0.3 is 0 Å². The zero-order valence-electron chi connectivity index (χ0n) is 8.87. The Balaban J connectivity index is 2.18. The lowest BCUT2D eigenvalue weighted by molar-refractivity contribution is 0.324. The molecule has 14 heavy (non-hydrogen) atoms. The third-order valence-electron chi connectivity index (χ3n) is 3.29. The van der Waals surface area contributed by atoms with Crippen LogP contribution in [0.25, 0.3) is 0 Å². The minimum absolute atomic E-state index is 0.610. The quantitative estimate of drug-likeness (QED) is 0.782. The van der Waals surface area contributed by atoms with Crippen LogP contribution in [0.4, 0.5) is 0 Å². The van der Waals surface area contributed by atoms with Crippen molar-refractivity contribution in [2.75, 3.05) is 0 Å². The SMILES string of the molecule is Cc1c(CN)cnn1C1CCCCC1. The van der Waals surface area contributed by atoms with Crippen molar-refractivity contribution in [2.45, 2.75) is 51.6 Å². The van der Waals surface area contributed by atoms with E-state index in [4.69, 9.17) is 5.73 Å². The molecule has 0 amide bonds. The number of nitrogens with two attached hydrogens (primary N) is 1. The first-order valence-corrected chi connectivity index (χ1v) is 5.56. The predicted octanol–water partition coefficient (Wildman–Crippen LogP) is 2.16. The Labute approximate surface area is 85.3 Å². The fourth-order valence-corrected chi connectivity index (χ4v) is 2.35. The third kappa shape index (κ3) is 1.69. The zero-order valence-corrected chi connectivity index (χ0v) is 8.87. The van der Waals surface area contributed by atoms with E-state index in [9.17, 15) is 0 Å². The van der Waals surface area contributed by atoms with Gasteiger partial charge in [0.05, 0.1) is 12.2 Å². The molecule has 1 aliphatic rings. The highest BCUT2D eigenvalue weighted by atomic mass is 15.3. The van der Waals surface area contributed by atoms with Crippen molar-refractivity contribution in [1.82, 2.24) is 9.78 Å². The summed E-state index contributed by atoms with van der Waals surface area (Å²) >= 11 is 0. The second kappa shape index (κ2) is 4.13. The van der Waals surface area contributed by atoms with Crippen LogP contribution in [0.5, 0.6) is 0 Å². The van der Waals surface area contributed by atoms with E-state index in [0.717, 1.165) is 0 Å². The number of hydrogen-bond acceptors (Lipinski definition) is 2. The van der Waals surface area contributed by atoms with Crippen LogP contribution in [-0.4, -0.2) is 9.78 Å². The standard InChI is InChI=1S/C11H19N3/c1-9-10(7-12)8-13-14(9)11-5-3-2-4-6-11/h8,11H,2-7,12H2,1H3. The maximum Gasteiger partial charge on any atom is 0.0537 e. The van der Waals surface area contributed by atoms with E-state index in [2.05, 4.69) is 16.7 Å². The van der Waals surface area contributed by atoms with Gasteiger partial charge in [0.2, 0.25) is 0 Å². The molecular formula is C11H19N3. The highest BCUT2D eigenvalue weighted by Gasteiger charge is 2.18. The van der Waals surface area contributed by atoms with Crippen LogP contribution in [0.15, 0.2) is 6.20 Å². The van der Waals surface area contributed by atoms with Gasteiger partial charge in [0.15, 0.2) is 0 Å². The van der Waals surface area contributed by atoms with Crippen molar-refractivity contribution in [3.05, 3.63) is 17.5 Å². The number of nitrogens with zero attached hydrogens (tertiary/aromatic N) is 2. The summed E-state index contributed by atoms with van der Waals surface area (Å²) in [5.41, 5.74) is 8.09. The van der Waals surface area contributed by atoms with Crippen molar-refractivity contribution in [1.29, 1.82) is 0 Å². The van der Waals surface area contributed by atoms with E-state index in [1.54, 1.807) is 0 Å². The van der Waals surface area contributed by atoms with E-state index in [-0.39, 0.29) is 0 Å². The smallest absolute Gasteiger partial charge is 0.0537 e. The van der Waals surface area contributed by atoms with Crippen LogP contribution in [0, 0.1) is 6.92 Å². The number of aromatic nitrogens is 2. The monoisotopic (exact) mass is 193 g/mol. The van der Waals surface area contributed by atoms with Gasteiger partial charge in [-0.2, -0.15) is 5.10 Å². The van der Waals surface area contributed by atoms with Crippen LogP contribution >= 0.6 is 0 Å². The molecule has 3 nitrogen and oxygen atoms in total. The predicted molar refractivity (Wildman–Crippen MR) is 57.0 cm³/mol. The zero-order chi connectivity index (χ0) is 9.97. The van der Waals surface area contributed by atoms with Crippen LogP contribution < -0.4 is 5.73 Å². The molecule has 1 aromatic heterocycles. The highest BCUT2D eigenvalue weighted by Crippen LogP contribution is 2.28. The first-order valence-electron chi connectivity index (χ1n) is 5.56. The van der Waals surface area contributed by atoms with Crippen molar-refractivity contribution in [3.63, 3.8) is 0 Å². The van der Waals surface area contributed by atoms with Gasteiger partial charge in [0.25, 0.3) is 0 Å². The third-order valence-corrected chi connectivity index (χ3v) is 3.29. The average molecular weight is 193 g/mol. The van der Waals surface area contributed by atoms with Crippen LogP contribution in [0.1, 0.15) is 49.4 Å². The molecule has 0 saturated heterocycles. The lowest BCUT2D eigenvalue weighted by Gasteiger charge is -2.23. The molecule has 1 fully saturated rings. The number of rotatable bonds is 2. The summed E-state index contributed by atoms with van der Waals surface area (Å²) in [4.78, 5) is 0. The maximum atomic E-state index is 5.64. The minimum atomic E-state index is 0.610. The average Bonchev–Trinajstić information content (AvgIpc) is 2.61. The summed E-state index contributed by atoms with van der Waals surface area (Å²) in [5.74, 6) is 0. The van der Waals surface area contributed by atoms with E-state index in [1.807, 2.05) is 6.20 Å². The molecule has 0 bridgehead atoms. The summed E-state index contributed by atoms with van der Waals surface area (Å²) in [6.07, 6.45) is 8.58. The van der Waals surface area contributed by atoms with Crippen molar-refractivity contribution in [2.24, 2.45) is 5.73 Å². The lowest BCUT2D eigenvalue weighted by Crippen LogP contribution is -2.15. The van der Waals surface area contributed by atoms with Gasteiger partial charge in [-0.1, -0.05) is 19.3 Å². The molecule has 2 rings (SSSR count). The molecular weight excluding hydrogens is 174 g/mol. The maximum absolute atomic E-state index is 5.64. The summed E-state index contributed by atoms with van der Waals surface area (Å²) in [7, 11) is 0. The molecule has 1 aliphatic carbocycles. The van der Waals surface area contributed by atoms with Crippen LogP contribution in [0.2, 0.25) is 0 Å². The van der Waals surface area contributed by atoms with Gasteiger partial charge in [-0.05, 0) is 19.8 Å². The van der Waals surface area contributed by atoms with Gasteiger partial charge in [-0.15, -0.1) is 0 Å². The number of hydrogen-bond donors (Lipinski definition) is 1. The van der Waals surface area contributed by atoms with Gasteiger partial charge in [0.1, 0.15) is 0 Å². The second-order valence-corrected chi connectivity index (χ2v) is 4.20. The Hall–Kier alpha value is -0.830. The Morgan fingerprint density at radius 3 is 2.71 bits per heavy atom. The van der Waals surface area contributed by atoms with Gasteiger partial charge < -0.3 is 5.73 Å². The fraction of sp³-hybridized carbons (Fsp3) is 0.727. The van der Waals surface area contributed by atoms with Gasteiger partial charge in [-0.3, -0.25) is 4.68 Å². The normalized spacial score (nSPS) is 18.7. The summed E-state index contributed by atoms with van der Waals surface area (Å²) in [5, 5.41) is 4.45. The molecule has 2 N–H and O–H groups in total. The van der Waals surface area contributed by atoms with E-state index < -0.39 is 0 Å². The van der Waals surface area contributed by atoms with E-state index >= 15 is 0 Å². The lowest BCUT2D eigenvalue weighted by atomic mass is 9.95. The summed E-state index contributed by atoms with van der Waals surface area (Å²) in [6, 6.07) is 0.629. The Morgan fingerprint density at radius 2 is 2.14 bits per heavy atom. The molecule has 3 heteroatoms. The summed E-state index contributed by atoms with van der Waals surface area (Å²) < 4.78 is 2.18. The van der Waals surface area contributed by atoms with Gasteiger partial charge in [0, 0.05) is 17.8 Å². The highest BCUT2D eigenvalue weighted by molar-refractivity contribution is 5.16. The largest absolute Gasteiger partial charge is 0.326 e. The molecule has 0 unspecified atom stereocenters. The van der Waals surface area contributed by atoms with E-state index in [0.29, 0.717) is 12.6 Å². The van der Waals surface area contributed by atoms with E-state index in [1.165, 1.54) is 43.4 Å². The molecule has 1 heterocycles. The second-order valence-electron chi connectivity index (χ2n) is 4.20. The first-order chi connectivity index (χ1) is 6.83. The molecule has 0 radical (unpaired) electrons. The van der Waals surface area contributed by atoms with Gasteiger partial charge in [-0.25, -0.2) is 0 Å². The molecule has 0 spiro atoms. The van der Waals surface area contributed by atoms with Crippen LogP contribution in [0.3, 0.4) is 0 Å². The van der Waals surface area contributed by atoms with Crippen molar-refractivity contribution in [3.8, 4) is 0 Å². The molecule has 0 aromatic carbocycles. The Kier molecular flexibility index (Phi) is 2.87. The topological polar surface area (TPSA) is 43.8 Å². The minimum Gasteiger partial charge on any atom is -0.326 e. The fourth-order valence-electron chi connectivity index (χ4n) is 2.35. The Morgan fingerprint density at radius 1 is 1.43 bits per heavy atom. The van der Waals surface area contributed by atoms with Crippen molar-refractivity contribution < 1.29 is 0 Å². The molecule has 78 valence electrons. The molecule has 1 aromatic rings. The first kappa shape index (κ1) is 9.71. The summed E-state index contributed by atoms with van der Waals surface area (Å²) in [6.45, 7) is 2.74. The van der Waals surface area contributed by atoms with Crippen LogP contribution in [-0.2, 0) is 6.54 Å². The van der Waals surface area contributed by atoms with Crippen molar-refractivity contribution >= 4 is 0 Å². The Bertz CT molecular complexity index is 297. The molecule has 0 aliphatic heterocycles. The molecule has 0 atom stereocenters. The molecule has 1 saturated carbocycles.